The van der Waals surface area contributed by atoms with Crippen molar-refractivity contribution < 1.29 is 4.79 Å². The van der Waals surface area contributed by atoms with Crippen LogP contribution in [0.15, 0.2) is 6.20 Å². The van der Waals surface area contributed by atoms with Crippen LogP contribution in [0, 0.1) is 5.92 Å². The zero-order valence-electron chi connectivity index (χ0n) is 13.2. The summed E-state index contributed by atoms with van der Waals surface area (Å²) in [5.74, 6) is 1.39. The number of nitrogen functional groups attached to an aromatic ring is 1. The summed E-state index contributed by atoms with van der Waals surface area (Å²) in [6.45, 7) is 6.21. The Balaban J connectivity index is 2.07. The number of carbonyl (C=O) groups excluding carboxylic acids is 1. The number of nitrogens with one attached hydrogen (secondary N) is 1. The zero-order chi connectivity index (χ0) is 15.4. The molecule has 21 heavy (non-hydrogen) atoms. The molecule has 1 aliphatic carbocycles. The minimum Gasteiger partial charge on any atom is -0.396 e. The highest BCUT2D eigenvalue weighted by molar-refractivity contribution is 5.97. The Kier molecular flexibility index (Phi) is 5.15. The predicted molar refractivity (Wildman–Crippen MR) is 84.0 cm³/mol. The molecular weight excluding hydrogens is 264 g/mol. The quantitative estimate of drug-likeness (QED) is 0.893. The summed E-state index contributed by atoms with van der Waals surface area (Å²) < 4.78 is 0. The molecule has 1 aromatic rings. The molecular formula is C16H26N4O. The molecule has 1 aliphatic rings. The van der Waals surface area contributed by atoms with Crippen molar-refractivity contribution in [2.45, 2.75) is 64.8 Å². The van der Waals surface area contributed by atoms with Gasteiger partial charge < -0.3 is 11.1 Å². The molecule has 1 saturated carbocycles. The maximum atomic E-state index is 12.4. The molecule has 2 rings (SSSR count). The van der Waals surface area contributed by atoms with E-state index in [1.807, 2.05) is 13.8 Å². The number of amides is 1. The normalized spacial score (nSPS) is 22.3. The molecule has 1 amide bonds. The van der Waals surface area contributed by atoms with E-state index in [-0.39, 0.29) is 17.9 Å². The van der Waals surface area contributed by atoms with Crippen LogP contribution in [0.1, 0.15) is 75.1 Å². The number of nitrogens with zero attached hydrogens (tertiary/aromatic N) is 2. The Hall–Kier alpha value is -1.65. The summed E-state index contributed by atoms with van der Waals surface area (Å²) in [5, 5.41) is 3.10. The summed E-state index contributed by atoms with van der Waals surface area (Å²) >= 11 is 0. The third kappa shape index (κ3) is 3.93. The molecule has 0 aliphatic heterocycles. The van der Waals surface area contributed by atoms with E-state index in [0.717, 1.165) is 18.8 Å². The van der Waals surface area contributed by atoms with Crippen molar-refractivity contribution in [3.05, 3.63) is 17.7 Å². The predicted octanol–water partition coefficient (Wildman–Crippen LogP) is 2.88. The van der Waals surface area contributed by atoms with Gasteiger partial charge in [0.2, 0.25) is 0 Å². The largest absolute Gasteiger partial charge is 0.396 e. The van der Waals surface area contributed by atoms with Crippen LogP contribution in [-0.4, -0.2) is 21.9 Å². The van der Waals surface area contributed by atoms with Crippen LogP contribution in [0.2, 0.25) is 0 Å². The van der Waals surface area contributed by atoms with Crippen LogP contribution in [0.5, 0.6) is 0 Å². The summed E-state index contributed by atoms with van der Waals surface area (Å²) in [5.41, 5.74) is 6.52. The van der Waals surface area contributed by atoms with Gasteiger partial charge in [-0.25, -0.2) is 9.97 Å². The van der Waals surface area contributed by atoms with Crippen molar-refractivity contribution in [2.24, 2.45) is 5.92 Å². The van der Waals surface area contributed by atoms with Crippen molar-refractivity contribution in [1.82, 2.24) is 15.3 Å². The van der Waals surface area contributed by atoms with Gasteiger partial charge in [0.15, 0.2) is 5.69 Å². The Morgan fingerprint density at radius 2 is 2.24 bits per heavy atom. The topological polar surface area (TPSA) is 80.9 Å². The summed E-state index contributed by atoms with van der Waals surface area (Å²) in [6.07, 6.45) is 7.27. The van der Waals surface area contributed by atoms with Crippen molar-refractivity contribution in [1.29, 1.82) is 0 Å². The molecule has 1 heterocycles. The Morgan fingerprint density at radius 1 is 1.48 bits per heavy atom. The van der Waals surface area contributed by atoms with Gasteiger partial charge in [-0.2, -0.15) is 0 Å². The van der Waals surface area contributed by atoms with Gasteiger partial charge in [-0.3, -0.25) is 4.79 Å². The SMILES string of the molecule is CCC1CCCC(NC(=O)c2nc(C(C)C)ncc2N)C1. The van der Waals surface area contributed by atoms with Gasteiger partial charge in [0.1, 0.15) is 5.82 Å². The highest BCUT2D eigenvalue weighted by Gasteiger charge is 2.24. The first-order valence-corrected chi connectivity index (χ1v) is 7.94. The summed E-state index contributed by atoms with van der Waals surface area (Å²) in [6, 6.07) is 0.244. The van der Waals surface area contributed by atoms with Crippen LogP contribution >= 0.6 is 0 Å². The molecule has 0 spiro atoms. The lowest BCUT2D eigenvalue weighted by Crippen LogP contribution is -2.39. The lowest BCUT2D eigenvalue weighted by molar-refractivity contribution is 0.0914. The van der Waals surface area contributed by atoms with Gasteiger partial charge in [0.05, 0.1) is 11.9 Å². The molecule has 1 fully saturated rings. The molecule has 1 aromatic heterocycles. The Morgan fingerprint density at radius 3 is 2.90 bits per heavy atom. The summed E-state index contributed by atoms with van der Waals surface area (Å²) in [7, 11) is 0. The maximum Gasteiger partial charge on any atom is 0.272 e. The number of nitrogens with two attached hydrogens (primary N) is 1. The number of anilines is 1. The van der Waals surface area contributed by atoms with Gasteiger partial charge in [-0.15, -0.1) is 0 Å². The smallest absolute Gasteiger partial charge is 0.272 e. The van der Waals surface area contributed by atoms with E-state index in [2.05, 4.69) is 22.2 Å². The van der Waals surface area contributed by atoms with Crippen molar-refractivity contribution in [2.75, 3.05) is 5.73 Å². The standard InChI is InChI=1S/C16H26N4O/c1-4-11-6-5-7-12(8-11)19-16(21)14-13(17)9-18-15(20-14)10(2)3/h9-12H,4-8,17H2,1-3H3,(H,19,21). The zero-order valence-corrected chi connectivity index (χ0v) is 13.2. The average Bonchev–Trinajstić information content (AvgIpc) is 2.47. The van der Waals surface area contributed by atoms with Crippen molar-refractivity contribution in [3.63, 3.8) is 0 Å². The fourth-order valence-corrected chi connectivity index (χ4v) is 2.91. The molecule has 0 radical (unpaired) electrons. The summed E-state index contributed by atoms with van der Waals surface area (Å²) in [4.78, 5) is 20.9. The van der Waals surface area contributed by atoms with E-state index in [4.69, 9.17) is 5.73 Å². The van der Waals surface area contributed by atoms with Gasteiger partial charge in [-0.1, -0.05) is 40.0 Å². The van der Waals surface area contributed by atoms with E-state index in [1.165, 1.54) is 25.5 Å². The first-order valence-electron chi connectivity index (χ1n) is 7.94. The maximum absolute atomic E-state index is 12.4. The molecule has 5 nitrogen and oxygen atoms in total. The highest BCUT2D eigenvalue weighted by Crippen LogP contribution is 2.26. The Bertz CT molecular complexity index is 501. The van der Waals surface area contributed by atoms with E-state index >= 15 is 0 Å². The molecule has 2 atom stereocenters. The number of aromatic nitrogens is 2. The van der Waals surface area contributed by atoms with E-state index in [0.29, 0.717) is 17.2 Å². The molecule has 5 heteroatoms. The lowest BCUT2D eigenvalue weighted by Gasteiger charge is -2.29. The lowest BCUT2D eigenvalue weighted by atomic mass is 9.84. The molecule has 116 valence electrons. The second-order valence-corrected chi connectivity index (χ2v) is 6.30. The average molecular weight is 290 g/mol. The first-order chi connectivity index (χ1) is 10.0. The molecule has 0 bridgehead atoms. The minimum atomic E-state index is -0.168. The van der Waals surface area contributed by atoms with Crippen LogP contribution in [-0.2, 0) is 0 Å². The first kappa shape index (κ1) is 15.7. The minimum absolute atomic E-state index is 0.168. The second-order valence-electron chi connectivity index (χ2n) is 6.30. The van der Waals surface area contributed by atoms with Crippen LogP contribution < -0.4 is 11.1 Å². The second kappa shape index (κ2) is 6.87. The number of rotatable bonds is 4. The molecule has 0 aromatic carbocycles. The van der Waals surface area contributed by atoms with E-state index in [1.54, 1.807) is 0 Å². The molecule has 3 N–H and O–H groups in total. The van der Waals surface area contributed by atoms with Gasteiger partial charge in [0, 0.05) is 12.0 Å². The van der Waals surface area contributed by atoms with Crippen LogP contribution in [0.25, 0.3) is 0 Å². The number of hydrogen-bond donors (Lipinski definition) is 2. The highest BCUT2D eigenvalue weighted by atomic mass is 16.2. The van der Waals surface area contributed by atoms with Gasteiger partial charge >= 0.3 is 0 Å². The van der Waals surface area contributed by atoms with Crippen molar-refractivity contribution >= 4 is 11.6 Å². The van der Waals surface area contributed by atoms with Crippen LogP contribution in [0.3, 0.4) is 0 Å². The fourth-order valence-electron chi connectivity index (χ4n) is 2.91. The van der Waals surface area contributed by atoms with Crippen molar-refractivity contribution in [3.8, 4) is 0 Å². The van der Waals surface area contributed by atoms with E-state index < -0.39 is 0 Å². The van der Waals surface area contributed by atoms with Crippen LogP contribution in [0.4, 0.5) is 5.69 Å². The molecule has 0 saturated heterocycles. The van der Waals surface area contributed by atoms with Gasteiger partial charge in [0.25, 0.3) is 5.91 Å². The third-order valence-corrected chi connectivity index (χ3v) is 4.26. The van der Waals surface area contributed by atoms with Gasteiger partial charge in [-0.05, 0) is 18.8 Å². The number of carbonyl (C=O) groups is 1. The number of hydrogen-bond acceptors (Lipinski definition) is 4. The third-order valence-electron chi connectivity index (χ3n) is 4.26. The monoisotopic (exact) mass is 290 g/mol. The molecule has 2 unspecified atom stereocenters. The van der Waals surface area contributed by atoms with E-state index in [9.17, 15) is 4.79 Å². The fraction of sp³-hybridized carbons (Fsp3) is 0.688. The Labute approximate surface area is 126 Å².